The summed E-state index contributed by atoms with van der Waals surface area (Å²) in [6.07, 6.45) is 2.26. The van der Waals surface area contributed by atoms with Crippen molar-refractivity contribution in [2.45, 2.75) is 98.3 Å². The van der Waals surface area contributed by atoms with E-state index in [0.717, 1.165) is 29.9 Å². The first-order valence-electron chi connectivity index (χ1n) is 24.6. The van der Waals surface area contributed by atoms with Crippen molar-refractivity contribution in [3.63, 3.8) is 0 Å². The first-order chi connectivity index (χ1) is 32.5. The molecule has 12 rings (SSSR count). The van der Waals surface area contributed by atoms with Crippen molar-refractivity contribution >= 4 is 106 Å². The Labute approximate surface area is 407 Å². The highest BCUT2D eigenvalue weighted by Crippen LogP contribution is 2.51. The molecule has 0 radical (unpaired) electrons. The first-order valence-corrected chi connectivity index (χ1v) is 25.4. The molecule has 0 amide bonds. The quantitative estimate of drug-likeness (QED) is 0.159. The highest BCUT2D eigenvalue weighted by atomic mass is 32.1. The van der Waals surface area contributed by atoms with E-state index in [1.807, 2.05) is 11.3 Å². The van der Waals surface area contributed by atoms with E-state index >= 15 is 0 Å². The number of hydrogen-bond acceptors (Lipinski definition) is 4. The maximum absolute atomic E-state index is 2.62. The van der Waals surface area contributed by atoms with Gasteiger partial charge in [0.15, 0.2) is 0 Å². The molecular weight excluding hydrogens is 842 g/mol. The molecule has 68 heavy (non-hydrogen) atoms. The van der Waals surface area contributed by atoms with Gasteiger partial charge in [-0.25, -0.2) is 0 Å². The molecule has 0 saturated carbocycles. The van der Waals surface area contributed by atoms with Gasteiger partial charge in [-0.15, -0.1) is 11.3 Å². The van der Waals surface area contributed by atoms with Crippen LogP contribution in [0.5, 0.6) is 0 Å². The lowest BCUT2D eigenvalue weighted by atomic mass is 9.33. The minimum Gasteiger partial charge on any atom is -0.311 e. The Balaban J connectivity index is 1.21. The average molecular weight is 902 g/mol. The summed E-state index contributed by atoms with van der Waals surface area (Å²) < 4.78 is 1.32. The molecule has 1 aliphatic carbocycles. The second-order valence-electron chi connectivity index (χ2n) is 22.8. The molecule has 3 aliphatic rings. The van der Waals surface area contributed by atoms with E-state index in [2.05, 4.69) is 242 Å². The van der Waals surface area contributed by atoms with Crippen LogP contribution in [0.1, 0.15) is 95.7 Å². The van der Waals surface area contributed by atoms with Gasteiger partial charge < -0.3 is 14.7 Å². The van der Waals surface area contributed by atoms with Gasteiger partial charge in [0.1, 0.15) is 0 Å². The zero-order valence-corrected chi connectivity index (χ0v) is 42.1. The van der Waals surface area contributed by atoms with Crippen LogP contribution in [0, 0.1) is 6.92 Å². The molecule has 0 bridgehead atoms. The molecule has 8 aromatic carbocycles. The van der Waals surface area contributed by atoms with Crippen LogP contribution >= 0.6 is 11.3 Å². The summed E-state index contributed by atoms with van der Waals surface area (Å²) in [5, 5.41) is 5.12. The third-order valence-corrected chi connectivity index (χ3v) is 16.2. The third-order valence-electron chi connectivity index (χ3n) is 15.0. The molecular formula is C63H60BN3S. The minimum absolute atomic E-state index is 0.0000390. The fraction of sp³-hybridized carbons (Fsp3) is 0.238. The van der Waals surface area contributed by atoms with E-state index < -0.39 is 0 Å². The Hall–Kier alpha value is -6.56. The lowest BCUT2D eigenvalue weighted by Gasteiger charge is -2.44. The van der Waals surface area contributed by atoms with Crippen LogP contribution in [0.4, 0.5) is 50.5 Å². The Bertz CT molecular complexity index is 3490. The summed E-state index contributed by atoms with van der Waals surface area (Å²) in [4.78, 5) is 7.73. The summed E-state index contributed by atoms with van der Waals surface area (Å²) in [5.74, 6) is 0. The summed E-state index contributed by atoms with van der Waals surface area (Å²) in [6.45, 7) is 23.1. The van der Waals surface area contributed by atoms with Gasteiger partial charge in [-0.3, -0.25) is 0 Å². The number of anilines is 9. The number of thiophene rings is 1. The smallest absolute Gasteiger partial charge is 0.254 e. The van der Waals surface area contributed by atoms with Crippen molar-refractivity contribution in [2.24, 2.45) is 0 Å². The van der Waals surface area contributed by atoms with Crippen LogP contribution in [0.25, 0.3) is 20.9 Å². The van der Waals surface area contributed by atoms with E-state index in [1.165, 1.54) is 104 Å². The van der Waals surface area contributed by atoms with Gasteiger partial charge in [-0.1, -0.05) is 153 Å². The fourth-order valence-electron chi connectivity index (χ4n) is 11.1. The Morgan fingerprint density at radius 2 is 1.06 bits per heavy atom. The molecule has 3 nitrogen and oxygen atoms in total. The van der Waals surface area contributed by atoms with Crippen LogP contribution in [-0.2, 0) is 29.1 Å². The summed E-state index contributed by atoms with van der Waals surface area (Å²) in [7, 11) is 0. The van der Waals surface area contributed by atoms with Crippen molar-refractivity contribution in [2.75, 3.05) is 14.7 Å². The van der Waals surface area contributed by atoms with Crippen LogP contribution in [0.3, 0.4) is 0 Å². The van der Waals surface area contributed by atoms with Gasteiger partial charge in [-0.2, -0.15) is 0 Å². The van der Waals surface area contributed by atoms with Gasteiger partial charge in [0, 0.05) is 44.5 Å². The molecule has 336 valence electrons. The molecule has 0 fully saturated rings. The third kappa shape index (κ3) is 6.91. The number of fused-ring (bicyclic) bond motifs is 8. The predicted molar refractivity (Wildman–Crippen MR) is 296 cm³/mol. The maximum Gasteiger partial charge on any atom is 0.254 e. The Kier molecular flexibility index (Phi) is 9.58. The number of hydrogen-bond donors (Lipinski definition) is 0. The molecule has 0 atom stereocenters. The Morgan fingerprint density at radius 1 is 0.471 bits per heavy atom. The van der Waals surface area contributed by atoms with Gasteiger partial charge in [-0.05, 0) is 169 Å². The number of benzene rings is 8. The van der Waals surface area contributed by atoms with E-state index in [0.29, 0.717) is 0 Å². The minimum atomic E-state index is -0.0000390. The predicted octanol–water partition coefficient (Wildman–Crippen LogP) is 15.9. The molecule has 0 N–H and O–H groups in total. The van der Waals surface area contributed by atoms with Gasteiger partial charge in [0.2, 0.25) is 0 Å². The SMILES string of the molecule is Cc1ccc2c(c1)B1c3c(cc(N(c4ccc5c(c4)CC5)c4ccc5ccccc5c4)cc3N(c3ccc(C(C)(C)C)cc3)c3sc4ccc(C(C)(C)C)cc4c31)N2c1ccc(C(C)(C)C)cc1. The highest BCUT2D eigenvalue weighted by Gasteiger charge is 2.46. The summed E-state index contributed by atoms with van der Waals surface area (Å²) in [5.41, 5.74) is 21.8. The van der Waals surface area contributed by atoms with Crippen molar-refractivity contribution in [3.8, 4) is 0 Å². The zero-order valence-electron chi connectivity index (χ0n) is 41.3. The molecule has 2 aliphatic heterocycles. The lowest BCUT2D eigenvalue weighted by molar-refractivity contribution is 0.590. The lowest BCUT2D eigenvalue weighted by Crippen LogP contribution is -2.61. The van der Waals surface area contributed by atoms with E-state index in [4.69, 9.17) is 0 Å². The second kappa shape index (κ2) is 15.2. The van der Waals surface area contributed by atoms with Crippen LogP contribution in [-0.4, -0.2) is 6.71 Å². The molecule has 5 heteroatoms. The largest absolute Gasteiger partial charge is 0.311 e. The maximum atomic E-state index is 2.62. The van der Waals surface area contributed by atoms with E-state index in [-0.39, 0.29) is 23.0 Å². The first kappa shape index (κ1) is 42.8. The van der Waals surface area contributed by atoms with E-state index in [9.17, 15) is 0 Å². The van der Waals surface area contributed by atoms with Gasteiger partial charge in [0.05, 0.1) is 10.7 Å². The Morgan fingerprint density at radius 3 is 1.69 bits per heavy atom. The van der Waals surface area contributed by atoms with Crippen LogP contribution in [0.15, 0.2) is 158 Å². The summed E-state index contributed by atoms with van der Waals surface area (Å²) in [6, 6.07) is 61.2. The normalized spacial score (nSPS) is 14.1. The van der Waals surface area contributed by atoms with Crippen molar-refractivity contribution < 1.29 is 0 Å². The zero-order chi connectivity index (χ0) is 47.0. The standard InChI is InChI=1S/C63H60BN3S/c1-39-15-31-54-53(33-39)64-58-52-36-46(63(8,9)10)24-32-57(52)68-60(58)67(48-29-22-45(23-30-48)62(5,6)7)56-38-51(37-55(59(56)64)66(54)47-27-20-44(21-28-47)61(2,3)4)65(50-26-19-41-16-17-43(41)35-50)49-25-18-40-13-11-12-14-42(40)34-49/h11-15,18-38H,16-17H2,1-10H3. The molecule has 0 spiro atoms. The molecule has 0 saturated heterocycles. The number of rotatable bonds is 5. The monoisotopic (exact) mass is 901 g/mol. The van der Waals surface area contributed by atoms with E-state index in [1.54, 1.807) is 0 Å². The topological polar surface area (TPSA) is 9.72 Å². The number of nitrogens with zero attached hydrogens (tertiary/aromatic N) is 3. The fourth-order valence-corrected chi connectivity index (χ4v) is 12.3. The molecule has 0 unspecified atom stereocenters. The molecule has 9 aromatic rings. The average Bonchev–Trinajstić information content (AvgIpc) is 3.67. The van der Waals surface area contributed by atoms with Crippen LogP contribution < -0.4 is 31.1 Å². The van der Waals surface area contributed by atoms with Crippen molar-refractivity contribution in [1.29, 1.82) is 0 Å². The van der Waals surface area contributed by atoms with Crippen molar-refractivity contribution in [3.05, 3.63) is 191 Å². The molecule has 3 heterocycles. The highest BCUT2D eigenvalue weighted by molar-refractivity contribution is 7.26. The second-order valence-corrected chi connectivity index (χ2v) is 23.8. The van der Waals surface area contributed by atoms with Gasteiger partial charge >= 0.3 is 0 Å². The van der Waals surface area contributed by atoms with Gasteiger partial charge in [0.25, 0.3) is 6.71 Å². The van der Waals surface area contributed by atoms with Crippen LogP contribution in [0.2, 0.25) is 0 Å². The number of aryl methyl sites for hydroxylation is 3. The summed E-state index contributed by atoms with van der Waals surface area (Å²) >= 11 is 1.94. The van der Waals surface area contributed by atoms with Crippen molar-refractivity contribution in [1.82, 2.24) is 0 Å². The molecule has 1 aromatic heterocycles.